The van der Waals surface area contributed by atoms with Gasteiger partial charge in [0, 0.05) is 0 Å². The van der Waals surface area contributed by atoms with Gasteiger partial charge >= 0.3 is 0 Å². The molecule has 0 aromatic heterocycles. The van der Waals surface area contributed by atoms with Gasteiger partial charge in [-0.15, -0.1) is 0 Å². The highest BCUT2D eigenvalue weighted by molar-refractivity contribution is 7.89. The van der Waals surface area contributed by atoms with Crippen LogP contribution in [-0.2, 0) is 19.6 Å². The Morgan fingerprint density at radius 2 is 1.84 bits per heavy atom. The lowest BCUT2D eigenvalue weighted by Crippen LogP contribution is -2.39. The summed E-state index contributed by atoms with van der Waals surface area (Å²) in [4.78, 5) is 22.0. The lowest BCUT2D eigenvalue weighted by molar-refractivity contribution is -0.123. The van der Waals surface area contributed by atoms with Crippen molar-refractivity contribution in [1.82, 2.24) is 0 Å². The summed E-state index contributed by atoms with van der Waals surface area (Å²) in [5.74, 6) is -1.46. The Balaban J connectivity index is 2.95. The van der Waals surface area contributed by atoms with Crippen LogP contribution in [0.3, 0.4) is 0 Å². The number of hydrogen-bond donors (Lipinski definition) is 4. The van der Waals surface area contributed by atoms with Gasteiger partial charge in [0.1, 0.15) is 4.90 Å². The fourth-order valence-electron chi connectivity index (χ4n) is 1.35. The summed E-state index contributed by atoms with van der Waals surface area (Å²) >= 11 is 0. The van der Waals surface area contributed by atoms with Gasteiger partial charge in [0.2, 0.25) is 21.8 Å². The molecule has 0 saturated carbocycles. The van der Waals surface area contributed by atoms with E-state index >= 15 is 0 Å². The molecule has 0 aliphatic heterocycles. The van der Waals surface area contributed by atoms with Crippen LogP contribution in [0.15, 0.2) is 29.2 Å². The number of nitrogens with two attached hydrogens (primary N) is 3. The number of para-hydroxylation sites is 1. The number of carbonyl (C=O) groups is 2. The first-order chi connectivity index (χ1) is 8.71. The maximum Gasteiger partial charge on any atom is 0.241 e. The molecule has 7 N–H and O–H groups in total. The molecule has 8 nitrogen and oxygen atoms in total. The van der Waals surface area contributed by atoms with E-state index in [2.05, 4.69) is 5.32 Å². The molecule has 9 heteroatoms. The van der Waals surface area contributed by atoms with Crippen LogP contribution in [0.1, 0.15) is 6.42 Å². The number of nitrogens with one attached hydrogen (secondary N) is 1. The molecule has 0 aliphatic rings. The summed E-state index contributed by atoms with van der Waals surface area (Å²) in [6.07, 6.45) is -0.344. The summed E-state index contributed by atoms with van der Waals surface area (Å²) in [6, 6.07) is 4.41. The van der Waals surface area contributed by atoms with E-state index in [9.17, 15) is 18.0 Å². The zero-order chi connectivity index (χ0) is 14.6. The van der Waals surface area contributed by atoms with Gasteiger partial charge in [0.25, 0.3) is 0 Å². The molecule has 104 valence electrons. The molecule has 1 atom stereocenters. The number of hydrogen-bond acceptors (Lipinski definition) is 5. The van der Waals surface area contributed by atoms with E-state index in [1.807, 2.05) is 0 Å². The van der Waals surface area contributed by atoms with E-state index in [1.54, 1.807) is 0 Å². The van der Waals surface area contributed by atoms with Crippen LogP contribution in [0.25, 0.3) is 0 Å². The third-order valence-electron chi connectivity index (χ3n) is 2.21. The van der Waals surface area contributed by atoms with Crippen LogP contribution in [0.2, 0.25) is 0 Å². The predicted octanol–water partition coefficient (Wildman–Crippen LogP) is -1.52. The average molecular weight is 286 g/mol. The molecular weight excluding hydrogens is 272 g/mol. The number of anilines is 1. The normalized spacial score (nSPS) is 12.7. The Hall–Kier alpha value is -1.97. The van der Waals surface area contributed by atoms with E-state index < -0.39 is 27.9 Å². The number of primary amides is 1. The minimum Gasteiger partial charge on any atom is -0.370 e. The van der Waals surface area contributed by atoms with Crippen LogP contribution in [0, 0.1) is 0 Å². The number of carbonyl (C=O) groups excluding carboxylic acids is 2. The monoisotopic (exact) mass is 286 g/mol. The predicted molar refractivity (Wildman–Crippen MR) is 68.2 cm³/mol. The van der Waals surface area contributed by atoms with Gasteiger partial charge < -0.3 is 16.8 Å². The van der Waals surface area contributed by atoms with Crippen LogP contribution in [0.5, 0.6) is 0 Å². The Morgan fingerprint density at radius 3 is 2.37 bits per heavy atom. The summed E-state index contributed by atoms with van der Waals surface area (Å²) < 4.78 is 22.6. The first-order valence-corrected chi connectivity index (χ1v) is 6.73. The molecule has 0 radical (unpaired) electrons. The number of amides is 2. The van der Waals surface area contributed by atoms with Gasteiger partial charge in [-0.25, -0.2) is 13.6 Å². The lowest BCUT2D eigenvalue weighted by Gasteiger charge is -2.12. The van der Waals surface area contributed by atoms with Gasteiger partial charge in [-0.2, -0.15) is 0 Å². The second-order valence-electron chi connectivity index (χ2n) is 3.81. The zero-order valence-electron chi connectivity index (χ0n) is 9.87. The minimum atomic E-state index is -3.98. The maximum absolute atomic E-state index is 11.6. The van der Waals surface area contributed by atoms with Crippen molar-refractivity contribution in [2.75, 3.05) is 5.32 Å². The van der Waals surface area contributed by atoms with Gasteiger partial charge in [-0.1, -0.05) is 12.1 Å². The fraction of sp³-hybridized carbons (Fsp3) is 0.200. The number of benzene rings is 1. The molecule has 1 aromatic carbocycles. The number of primary sulfonamides is 1. The third-order valence-corrected chi connectivity index (χ3v) is 3.18. The maximum atomic E-state index is 11.6. The van der Waals surface area contributed by atoms with Crippen LogP contribution in [0.4, 0.5) is 5.69 Å². The Morgan fingerprint density at radius 1 is 1.26 bits per heavy atom. The molecule has 1 rings (SSSR count). The van der Waals surface area contributed by atoms with Gasteiger partial charge in [0.15, 0.2) is 0 Å². The minimum absolute atomic E-state index is 0.00470. The Bertz CT molecular complexity index is 599. The highest BCUT2D eigenvalue weighted by Gasteiger charge is 2.19. The molecule has 0 fully saturated rings. The number of rotatable bonds is 5. The van der Waals surface area contributed by atoms with E-state index in [1.165, 1.54) is 24.3 Å². The lowest BCUT2D eigenvalue weighted by atomic mass is 10.2. The van der Waals surface area contributed by atoms with Crippen molar-refractivity contribution in [2.24, 2.45) is 16.6 Å². The molecule has 0 bridgehead atoms. The molecule has 2 amide bonds. The van der Waals surface area contributed by atoms with E-state index in [-0.39, 0.29) is 17.0 Å². The van der Waals surface area contributed by atoms with Crippen molar-refractivity contribution >= 4 is 27.5 Å². The molecule has 1 unspecified atom stereocenters. The average Bonchev–Trinajstić information content (AvgIpc) is 2.27. The van der Waals surface area contributed by atoms with E-state index in [4.69, 9.17) is 16.6 Å². The van der Waals surface area contributed by atoms with Gasteiger partial charge in [0.05, 0.1) is 18.2 Å². The molecule has 0 aliphatic carbocycles. The molecular formula is C10H14N4O4S. The largest absolute Gasteiger partial charge is 0.370 e. The van der Waals surface area contributed by atoms with Gasteiger partial charge in [-0.3, -0.25) is 9.59 Å². The van der Waals surface area contributed by atoms with E-state index in [0.717, 1.165) is 0 Å². The molecule has 0 heterocycles. The SMILES string of the molecule is NC(=O)CC(N)C(=O)Nc1ccccc1S(N)(=O)=O. The topological polar surface area (TPSA) is 158 Å². The summed E-state index contributed by atoms with van der Waals surface area (Å²) in [7, 11) is -3.98. The second kappa shape index (κ2) is 5.78. The first-order valence-electron chi connectivity index (χ1n) is 5.18. The zero-order valence-corrected chi connectivity index (χ0v) is 10.7. The highest BCUT2D eigenvalue weighted by atomic mass is 32.2. The smallest absolute Gasteiger partial charge is 0.241 e. The van der Waals surface area contributed by atoms with Crippen molar-refractivity contribution in [2.45, 2.75) is 17.4 Å². The Labute approximate surface area is 110 Å². The highest BCUT2D eigenvalue weighted by Crippen LogP contribution is 2.19. The summed E-state index contributed by atoms with van der Waals surface area (Å²) in [5, 5.41) is 7.30. The quantitative estimate of drug-likeness (QED) is 0.516. The van der Waals surface area contributed by atoms with Crippen LogP contribution in [-0.4, -0.2) is 26.3 Å². The van der Waals surface area contributed by atoms with Crippen molar-refractivity contribution in [3.8, 4) is 0 Å². The van der Waals surface area contributed by atoms with Gasteiger partial charge in [-0.05, 0) is 12.1 Å². The molecule has 19 heavy (non-hydrogen) atoms. The third kappa shape index (κ3) is 4.32. The molecule has 1 aromatic rings. The van der Waals surface area contributed by atoms with Crippen LogP contribution < -0.4 is 21.9 Å². The van der Waals surface area contributed by atoms with Crippen molar-refractivity contribution in [3.05, 3.63) is 24.3 Å². The summed E-state index contributed by atoms with van der Waals surface area (Å²) in [6.45, 7) is 0. The van der Waals surface area contributed by atoms with Crippen molar-refractivity contribution in [3.63, 3.8) is 0 Å². The summed E-state index contributed by atoms with van der Waals surface area (Å²) in [5.41, 5.74) is 10.3. The van der Waals surface area contributed by atoms with Crippen LogP contribution >= 0.6 is 0 Å². The van der Waals surface area contributed by atoms with Crippen molar-refractivity contribution in [1.29, 1.82) is 0 Å². The fourth-order valence-corrected chi connectivity index (χ4v) is 2.05. The van der Waals surface area contributed by atoms with E-state index in [0.29, 0.717) is 0 Å². The van der Waals surface area contributed by atoms with Crippen molar-refractivity contribution < 1.29 is 18.0 Å². The molecule has 0 saturated heterocycles. The Kier molecular flexibility index (Phi) is 4.59. The second-order valence-corrected chi connectivity index (χ2v) is 5.34. The standard InChI is InChI=1S/C10H14N4O4S/c11-6(5-9(12)15)10(16)14-7-3-1-2-4-8(7)19(13,17)18/h1-4,6H,5,11H2,(H2,12,15)(H,14,16)(H2,13,17,18). The molecule has 0 spiro atoms. The first kappa shape index (κ1) is 15.1. The number of sulfonamides is 1.